The highest BCUT2D eigenvalue weighted by Gasteiger charge is 2.15. The van der Waals surface area contributed by atoms with Crippen LogP contribution in [0.15, 0.2) is 6.07 Å². The fourth-order valence-electron chi connectivity index (χ4n) is 1.31. The van der Waals surface area contributed by atoms with Gasteiger partial charge < -0.3 is 10.5 Å². The van der Waals surface area contributed by atoms with E-state index in [0.29, 0.717) is 6.54 Å². The van der Waals surface area contributed by atoms with Gasteiger partial charge in [-0.3, -0.25) is 0 Å². The third-order valence-electron chi connectivity index (χ3n) is 1.98. The molecule has 0 saturated carbocycles. The van der Waals surface area contributed by atoms with Crippen molar-refractivity contribution in [3.63, 3.8) is 0 Å². The lowest BCUT2D eigenvalue weighted by molar-refractivity contribution is 0.110. The Labute approximate surface area is 81.5 Å². The van der Waals surface area contributed by atoms with Crippen LogP contribution in [0.2, 0.25) is 0 Å². The summed E-state index contributed by atoms with van der Waals surface area (Å²) in [7, 11) is 1.59. The Morgan fingerprint density at radius 1 is 1.69 bits per heavy atom. The van der Waals surface area contributed by atoms with Crippen LogP contribution in [0.1, 0.15) is 23.5 Å². The lowest BCUT2D eigenvalue weighted by atomic mass is 10.1. The van der Waals surface area contributed by atoms with E-state index in [9.17, 15) is 4.39 Å². The van der Waals surface area contributed by atoms with Gasteiger partial charge in [0, 0.05) is 18.5 Å². The minimum absolute atomic E-state index is 0.164. The number of hydrogen-bond acceptors (Lipinski definition) is 3. The predicted molar refractivity (Wildman–Crippen MR) is 52.5 cm³/mol. The Balaban J connectivity index is 2.96. The van der Waals surface area contributed by atoms with Crippen LogP contribution in [0.3, 0.4) is 0 Å². The molecule has 74 valence electrons. The molecular formula is C9H14FNOS. The third-order valence-corrected chi connectivity index (χ3v) is 3.06. The number of aryl methyl sites for hydroxylation is 1. The lowest BCUT2D eigenvalue weighted by Gasteiger charge is -2.12. The quantitative estimate of drug-likeness (QED) is 0.813. The van der Waals surface area contributed by atoms with E-state index in [1.807, 2.05) is 6.92 Å². The molecule has 0 aliphatic heterocycles. The van der Waals surface area contributed by atoms with Crippen LogP contribution in [0.5, 0.6) is 0 Å². The van der Waals surface area contributed by atoms with Crippen molar-refractivity contribution < 1.29 is 9.13 Å². The largest absolute Gasteiger partial charge is 0.375 e. The fourth-order valence-corrected chi connectivity index (χ4v) is 2.18. The summed E-state index contributed by atoms with van der Waals surface area (Å²) in [5.74, 6) is 0. The van der Waals surface area contributed by atoms with Crippen LogP contribution in [-0.4, -0.2) is 13.7 Å². The first kappa shape index (κ1) is 10.6. The van der Waals surface area contributed by atoms with E-state index in [0.717, 1.165) is 16.9 Å². The molecule has 1 aromatic rings. The molecule has 0 bridgehead atoms. The summed E-state index contributed by atoms with van der Waals surface area (Å²) in [5.41, 5.74) is 6.40. The van der Waals surface area contributed by atoms with Crippen LogP contribution in [0.25, 0.3) is 0 Å². The predicted octanol–water partition coefficient (Wildman–Crippen LogP) is 2.10. The number of methoxy groups -OCH3 is 1. The minimum Gasteiger partial charge on any atom is -0.375 e. The maximum absolute atomic E-state index is 12.9. The monoisotopic (exact) mass is 203 g/mol. The summed E-state index contributed by atoms with van der Waals surface area (Å²) in [4.78, 5) is 1.02. The van der Waals surface area contributed by atoms with E-state index >= 15 is 0 Å². The van der Waals surface area contributed by atoms with Gasteiger partial charge in [0.25, 0.3) is 0 Å². The zero-order valence-corrected chi connectivity index (χ0v) is 8.66. The molecule has 0 aromatic carbocycles. The SMILES string of the molecule is CCc1sc(F)cc1C(CN)OC. The highest BCUT2D eigenvalue weighted by Crippen LogP contribution is 2.28. The van der Waals surface area contributed by atoms with Crippen molar-refractivity contribution in [2.75, 3.05) is 13.7 Å². The van der Waals surface area contributed by atoms with E-state index in [-0.39, 0.29) is 11.2 Å². The highest BCUT2D eigenvalue weighted by atomic mass is 32.1. The van der Waals surface area contributed by atoms with Crippen molar-refractivity contribution in [3.8, 4) is 0 Å². The summed E-state index contributed by atoms with van der Waals surface area (Å²) in [6, 6.07) is 1.52. The van der Waals surface area contributed by atoms with E-state index < -0.39 is 0 Å². The van der Waals surface area contributed by atoms with Crippen molar-refractivity contribution in [2.24, 2.45) is 5.73 Å². The minimum atomic E-state index is -0.171. The second kappa shape index (κ2) is 4.69. The number of thiophene rings is 1. The lowest BCUT2D eigenvalue weighted by Crippen LogP contribution is -2.14. The van der Waals surface area contributed by atoms with Crippen LogP contribution in [0, 0.1) is 5.13 Å². The summed E-state index contributed by atoms with van der Waals surface area (Å²) in [5, 5.41) is -0.164. The molecule has 4 heteroatoms. The smallest absolute Gasteiger partial charge is 0.177 e. The average molecular weight is 203 g/mol. The Hall–Kier alpha value is -0.450. The molecule has 0 radical (unpaired) electrons. The number of rotatable bonds is 4. The van der Waals surface area contributed by atoms with Crippen molar-refractivity contribution in [3.05, 3.63) is 21.6 Å². The van der Waals surface area contributed by atoms with Gasteiger partial charge in [-0.2, -0.15) is 4.39 Å². The van der Waals surface area contributed by atoms with E-state index in [2.05, 4.69) is 0 Å². The molecule has 2 N–H and O–H groups in total. The van der Waals surface area contributed by atoms with Gasteiger partial charge in [-0.1, -0.05) is 6.92 Å². The molecule has 1 heterocycles. The highest BCUT2D eigenvalue weighted by molar-refractivity contribution is 7.10. The van der Waals surface area contributed by atoms with Gasteiger partial charge in [0.1, 0.15) is 0 Å². The van der Waals surface area contributed by atoms with Gasteiger partial charge in [0.15, 0.2) is 5.13 Å². The summed E-state index contributed by atoms with van der Waals surface area (Å²) < 4.78 is 18.1. The standard InChI is InChI=1S/C9H14FNOS/c1-3-8-6(4-9(10)13-8)7(5-11)12-2/h4,7H,3,5,11H2,1-2H3. The molecule has 0 spiro atoms. The third kappa shape index (κ3) is 2.27. The first-order chi connectivity index (χ1) is 6.22. The van der Waals surface area contributed by atoms with Crippen LogP contribution in [-0.2, 0) is 11.2 Å². The molecule has 0 aliphatic carbocycles. The number of nitrogens with two attached hydrogens (primary N) is 1. The van der Waals surface area contributed by atoms with Crippen molar-refractivity contribution >= 4 is 11.3 Å². The van der Waals surface area contributed by atoms with E-state index in [4.69, 9.17) is 10.5 Å². The number of halogens is 1. The van der Waals surface area contributed by atoms with Gasteiger partial charge in [-0.25, -0.2) is 0 Å². The normalized spacial score (nSPS) is 13.2. The second-order valence-corrected chi connectivity index (χ2v) is 3.83. The van der Waals surface area contributed by atoms with Gasteiger partial charge in [-0.05, 0) is 18.1 Å². The Bertz CT molecular complexity index is 271. The molecular weight excluding hydrogens is 189 g/mol. The molecule has 0 amide bonds. The van der Waals surface area contributed by atoms with Crippen LogP contribution in [0.4, 0.5) is 4.39 Å². The van der Waals surface area contributed by atoms with Crippen LogP contribution < -0.4 is 5.73 Å². The molecule has 0 saturated heterocycles. The maximum atomic E-state index is 12.9. The summed E-state index contributed by atoms with van der Waals surface area (Å²) in [6.07, 6.45) is 0.653. The maximum Gasteiger partial charge on any atom is 0.177 e. The number of hydrogen-bond donors (Lipinski definition) is 1. The summed E-state index contributed by atoms with van der Waals surface area (Å²) in [6.45, 7) is 2.39. The molecule has 1 unspecified atom stereocenters. The second-order valence-electron chi connectivity index (χ2n) is 2.74. The van der Waals surface area contributed by atoms with Gasteiger partial charge in [-0.15, -0.1) is 11.3 Å². The van der Waals surface area contributed by atoms with Gasteiger partial charge >= 0.3 is 0 Å². The Morgan fingerprint density at radius 3 is 2.85 bits per heavy atom. The fraction of sp³-hybridized carbons (Fsp3) is 0.556. The number of ether oxygens (including phenoxy) is 1. The molecule has 1 atom stereocenters. The van der Waals surface area contributed by atoms with Crippen molar-refractivity contribution in [1.82, 2.24) is 0 Å². The van der Waals surface area contributed by atoms with Crippen LogP contribution >= 0.6 is 11.3 Å². The molecule has 1 rings (SSSR count). The Morgan fingerprint density at radius 2 is 2.38 bits per heavy atom. The zero-order valence-electron chi connectivity index (χ0n) is 7.84. The molecule has 13 heavy (non-hydrogen) atoms. The van der Waals surface area contributed by atoms with Crippen molar-refractivity contribution in [2.45, 2.75) is 19.4 Å². The Kier molecular flexibility index (Phi) is 3.84. The zero-order chi connectivity index (χ0) is 9.84. The molecule has 0 fully saturated rings. The van der Waals surface area contributed by atoms with E-state index in [1.54, 1.807) is 7.11 Å². The molecule has 2 nitrogen and oxygen atoms in total. The van der Waals surface area contributed by atoms with Crippen molar-refractivity contribution in [1.29, 1.82) is 0 Å². The topological polar surface area (TPSA) is 35.2 Å². The van der Waals surface area contributed by atoms with Gasteiger partial charge in [0.2, 0.25) is 0 Å². The first-order valence-corrected chi connectivity index (χ1v) is 5.05. The molecule has 0 aliphatic rings. The van der Waals surface area contributed by atoms with E-state index in [1.165, 1.54) is 17.4 Å². The van der Waals surface area contributed by atoms with Gasteiger partial charge in [0.05, 0.1) is 6.10 Å². The first-order valence-electron chi connectivity index (χ1n) is 4.23. The average Bonchev–Trinajstić information content (AvgIpc) is 2.49. The molecule has 1 aromatic heterocycles. The summed E-state index contributed by atoms with van der Waals surface area (Å²) >= 11 is 1.17.